The molecule has 0 aliphatic carbocycles. The van der Waals surface area contributed by atoms with Gasteiger partial charge in [0.1, 0.15) is 17.4 Å². The number of nitriles is 1. The van der Waals surface area contributed by atoms with Crippen LogP contribution in [0.1, 0.15) is 18.1 Å². The van der Waals surface area contributed by atoms with Crippen LogP contribution in [-0.2, 0) is 10.3 Å². The lowest BCUT2D eigenvalue weighted by Gasteiger charge is -2.36. The first-order chi connectivity index (χ1) is 13.1. The van der Waals surface area contributed by atoms with Gasteiger partial charge in [-0.3, -0.25) is 0 Å². The second-order valence-corrected chi connectivity index (χ2v) is 6.28. The molecule has 1 aromatic heterocycles. The van der Waals surface area contributed by atoms with Crippen molar-refractivity contribution in [1.82, 2.24) is 10.1 Å². The molecule has 0 saturated carbocycles. The highest BCUT2D eigenvalue weighted by molar-refractivity contribution is 5.63. The maximum atomic E-state index is 10.3. The van der Waals surface area contributed by atoms with E-state index < -0.39 is 5.60 Å². The summed E-state index contributed by atoms with van der Waals surface area (Å²) < 4.78 is 15.9. The highest BCUT2D eigenvalue weighted by atomic mass is 16.5. The van der Waals surface area contributed by atoms with Crippen LogP contribution in [0.15, 0.2) is 47.0 Å². The molecule has 1 aliphatic rings. The van der Waals surface area contributed by atoms with Gasteiger partial charge in [0.05, 0.1) is 25.4 Å². The maximum absolute atomic E-state index is 10.3. The van der Waals surface area contributed by atoms with Gasteiger partial charge >= 0.3 is 0 Å². The van der Waals surface area contributed by atoms with Crippen molar-refractivity contribution in [2.24, 2.45) is 0 Å². The predicted molar refractivity (Wildman–Crippen MR) is 95.8 cm³/mol. The van der Waals surface area contributed by atoms with Gasteiger partial charge in [-0.1, -0.05) is 29.4 Å². The van der Waals surface area contributed by atoms with Crippen molar-refractivity contribution >= 4 is 0 Å². The van der Waals surface area contributed by atoms with Crippen molar-refractivity contribution in [3.05, 3.63) is 53.6 Å². The summed E-state index contributed by atoms with van der Waals surface area (Å²) in [4.78, 5) is 4.41. The molecule has 3 aromatic rings. The van der Waals surface area contributed by atoms with Crippen LogP contribution in [0.4, 0.5) is 0 Å². The molecule has 0 bridgehead atoms. The molecule has 1 saturated heterocycles. The molecule has 0 amide bonds. The summed E-state index contributed by atoms with van der Waals surface area (Å²) in [5.41, 5.74) is 1.72. The van der Waals surface area contributed by atoms with E-state index in [2.05, 4.69) is 16.2 Å². The molecule has 2 aromatic carbocycles. The lowest BCUT2D eigenvalue weighted by molar-refractivity contribution is -0.184. The van der Waals surface area contributed by atoms with E-state index in [-0.39, 0.29) is 0 Å². The third-order valence-corrected chi connectivity index (χ3v) is 4.43. The largest absolute Gasteiger partial charge is 0.492 e. The topological polar surface area (TPSA) is 101 Å². The predicted octanol–water partition coefficient (Wildman–Crippen LogP) is 2.89. The van der Waals surface area contributed by atoms with E-state index >= 15 is 0 Å². The van der Waals surface area contributed by atoms with Gasteiger partial charge in [-0.05, 0) is 30.7 Å². The van der Waals surface area contributed by atoms with Crippen molar-refractivity contribution < 1.29 is 19.1 Å². The van der Waals surface area contributed by atoms with E-state index in [1.807, 2.05) is 31.2 Å². The van der Waals surface area contributed by atoms with Gasteiger partial charge in [-0.25, -0.2) is 0 Å². The Morgan fingerprint density at radius 1 is 1.19 bits per heavy atom. The second-order valence-electron chi connectivity index (χ2n) is 6.28. The summed E-state index contributed by atoms with van der Waals surface area (Å²) in [7, 11) is 0. The number of aromatic nitrogens is 2. The number of hydrogen-bond donors (Lipinski definition) is 1. The Hall–Kier alpha value is -3.21. The maximum Gasteiger partial charge on any atom is 0.258 e. The standard InChI is InChI=1S/C20H17N3O4/c1-2-26-17-8-5-14(9-15(17)10-21)19-22-18(23-27-19)13-3-6-16(7-4-13)20(24)11-25-12-20/h3-9,24H,2,11-12H2,1H3. The van der Waals surface area contributed by atoms with Crippen LogP contribution in [0.2, 0.25) is 0 Å². The Morgan fingerprint density at radius 3 is 2.56 bits per heavy atom. The van der Waals surface area contributed by atoms with Crippen LogP contribution in [0.5, 0.6) is 5.75 Å². The monoisotopic (exact) mass is 363 g/mol. The van der Waals surface area contributed by atoms with Crippen LogP contribution in [0.25, 0.3) is 22.8 Å². The van der Waals surface area contributed by atoms with E-state index in [1.165, 1.54) is 0 Å². The van der Waals surface area contributed by atoms with Gasteiger partial charge in [-0.2, -0.15) is 10.2 Å². The molecule has 2 heterocycles. The first kappa shape index (κ1) is 17.2. The Labute approximate surface area is 155 Å². The van der Waals surface area contributed by atoms with Gasteiger partial charge in [0, 0.05) is 11.1 Å². The quantitative estimate of drug-likeness (QED) is 0.743. The summed E-state index contributed by atoms with van der Waals surface area (Å²) >= 11 is 0. The van der Waals surface area contributed by atoms with E-state index in [4.69, 9.17) is 14.0 Å². The molecule has 136 valence electrons. The van der Waals surface area contributed by atoms with Gasteiger partial charge in [0.25, 0.3) is 5.89 Å². The minimum absolute atomic E-state index is 0.303. The first-order valence-electron chi connectivity index (χ1n) is 8.55. The van der Waals surface area contributed by atoms with Gasteiger partial charge in [-0.15, -0.1) is 0 Å². The minimum Gasteiger partial charge on any atom is -0.492 e. The molecule has 4 rings (SSSR count). The number of hydrogen-bond acceptors (Lipinski definition) is 7. The third kappa shape index (κ3) is 3.16. The van der Waals surface area contributed by atoms with Crippen LogP contribution >= 0.6 is 0 Å². The molecular weight excluding hydrogens is 346 g/mol. The van der Waals surface area contributed by atoms with Crippen LogP contribution in [-0.4, -0.2) is 35.1 Å². The number of nitrogens with zero attached hydrogens (tertiary/aromatic N) is 3. The van der Waals surface area contributed by atoms with E-state index in [9.17, 15) is 10.4 Å². The van der Waals surface area contributed by atoms with Crippen LogP contribution < -0.4 is 4.74 Å². The van der Waals surface area contributed by atoms with Crippen molar-refractivity contribution in [3.8, 4) is 34.7 Å². The molecule has 0 atom stereocenters. The van der Waals surface area contributed by atoms with E-state index in [0.29, 0.717) is 48.4 Å². The second kappa shape index (κ2) is 6.83. The molecule has 7 nitrogen and oxygen atoms in total. The zero-order valence-corrected chi connectivity index (χ0v) is 14.7. The average molecular weight is 363 g/mol. The van der Waals surface area contributed by atoms with E-state index in [1.54, 1.807) is 18.2 Å². The molecule has 7 heteroatoms. The van der Waals surface area contributed by atoms with Gasteiger partial charge < -0.3 is 19.1 Å². The SMILES string of the molecule is CCOc1ccc(-c2nc(-c3ccc(C4(O)COC4)cc3)no2)cc1C#N. The number of ether oxygens (including phenoxy) is 2. The normalized spacial score (nSPS) is 15.0. The highest BCUT2D eigenvalue weighted by Gasteiger charge is 2.37. The molecule has 27 heavy (non-hydrogen) atoms. The molecule has 1 fully saturated rings. The molecule has 0 radical (unpaired) electrons. The fraction of sp³-hybridized carbons (Fsp3) is 0.250. The average Bonchev–Trinajstić information content (AvgIpc) is 3.17. The lowest BCUT2D eigenvalue weighted by atomic mass is 9.91. The van der Waals surface area contributed by atoms with E-state index in [0.717, 1.165) is 11.1 Å². The molecule has 1 aliphatic heterocycles. The van der Waals surface area contributed by atoms with Gasteiger partial charge in [0.2, 0.25) is 5.82 Å². The Bertz CT molecular complexity index is 1000. The summed E-state index contributed by atoms with van der Waals surface area (Å²) in [6, 6.07) is 14.6. The van der Waals surface area contributed by atoms with Crippen molar-refractivity contribution in [1.29, 1.82) is 5.26 Å². The third-order valence-electron chi connectivity index (χ3n) is 4.43. The summed E-state index contributed by atoms with van der Waals surface area (Å²) in [5, 5.41) is 23.6. The number of benzene rings is 2. The molecular formula is C20H17N3O4. The fourth-order valence-electron chi connectivity index (χ4n) is 2.88. The Balaban J connectivity index is 1.59. The van der Waals surface area contributed by atoms with Crippen molar-refractivity contribution in [2.45, 2.75) is 12.5 Å². The first-order valence-corrected chi connectivity index (χ1v) is 8.55. The lowest BCUT2D eigenvalue weighted by Crippen LogP contribution is -2.46. The smallest absolute Gasteiger partial charge is 0.258 e. The van der Waals surface area contributed by atoms with Crippen LogP contribution in [0.3, 0.4) is 0 Å². The Kier molecular flexibility index (Phi) is 4.36. The summed E-state index contributed by atoms with van der Waals surface area (Å²) in [6.07, 6.45) is 0. The van der Waals surface area contributed by atoms with Crippen LogP contribution in [0, 0.1) is 11.3 Å². The molecule has 0 spiro atoms. The summed E-state index contributed by atoms with van der Waals surface area (Å²) in [5.74, 6) is 1.28. The van der Waals surface area contributed by atoms with Gasteiger partial charge in [0.15, 0.2) is 0 Å². The van der Waals surface area contributed by atoms with Crippen molar-refractivity contribution in [3.63, 3.8) is 0 Å². The highest BCUT2D eigenvalue weighted by Crippen LogP contribution is 2.31. The number of aliphatic hydroxyl groups is 1. The molecule has 1 N–H and O–H groups in total. The zero-order valence-electron chi connectivity index (χ0n) is 14.7. The Morgan fingerprint density at radius 2 is 1.93 bits per heavy atom. The molecule has 0 unspecified atom stereocenters. The summed E-state index contributed by atoms with van der Waals surface area (Å²) in [6.45, 7) is 2.95. The number of rotatable bonds is 5. The fourth-order valence-corrected chi connectivity index (χ4v) is 2.88. The zero-order chi connectivity index (χ0) is 18.9. The van der Waals surface area contributed by atoms with Crippen molar-refractivity contribution in [2.75, 3.05) is 19.8 Å². The minimum atomic E-state index is -0.906.